The van der Waals surface area contributed by atoms with E-state index in [9.17, 15) is 14.4 Å². The number of benzene rings is 1. The summed E-state index contributed by atoms with van der Waals surface area (Å²) in [6.45, 7) is 6.87. The van der Waals surface area contributed by atoms with Crippen LogP contribution in [0.25, 0.3) is 0 Å². The molecule has 1 aromatic heterocycles. The quantitative estimate of drug-likeness (QED) is 0.581. The number of amides is 2. The molecule has 2 atom stereocenters. The number of carbonyl (C=O) groups is 3. The summed E-state index contributed by atoms with van der Waals surface area (Å²) in [5, 5.41) is 9.36. The van der Waals surface area contributed by atoms with E-state index in [-0.39, 0.29) is 28.7 Å². The Bertz CT molecular complexity index is 929. The van der Waals surface area contributed by atoms with Crippen LogP contribution >= 0.6 is 23.2 Å². The van der Waals surface area contributed by atoms with E-state index < -0.39 is 29.9 Å². The Morgan fingerprint density at radius 1 is 1.20 bits per heavy atom. The van der Waals surface area contributed by atoms with Crippen molar-refractivity contribution < 1.29 is 23.6 Å². The average Bonchev–Trinajstić information content (AvgIpc) is 3.07. The zero-order chi connectivity index (χ0) is 22.4. The van der Waals surface area contributed by atoms with Gasteiger partial charge in [0.1, 0.15) is 11.8 Å². The number of ether oxygens (including phenoxy) is 1. The largest absolute Gasteiger partial charge is 0.451 e. The number of carbonyl (C=O) groups excluding carboxylic acids is 3. The topological polar surface area (TPSA) is 111 Å². The lowest BCUT2D eigenvalue weighted by Gasteiger charge is -2.24. The molecule has 0 saturated heterocycles. The predicted molar refractivity (Wildman–Crippen MR) is 113 cm³/mol. The van der Waals surface area contributed by atoms with Crippen LogP contribution in [0.4, 0.5) is 5.82 Å². The Hall–Kier alpha value is -2.58. The minimum Gasteiger partial charge on any atom is -0.451 e. The van der Waals surface area contributed by atoms with E-state index >= 15 is 0 Å². The van der Waals surface area contributed by atoms with Crippen molar-refractivity contribution in [2.45, 2.75) is 46.3 Å². The highest BCUT2D eigenvalue weighted by atomic mass is 35.5. The number of aromatic nitrogens is 1. The molecule has 2 unspecified atom stereocenters. The number of halogens is 2. The summed E-state index contributed by atoms with van der Waals surface area (Å²) >= 11 is 11.9. The number of aryl methyl sites for hydroxylation is 1. The van der Waals surface area contributed by atoms with Crippen molar-refractivity contribution in [2.75, 3.05) is 5.32 Å². The summed E-state index contributed by atoms with van der Waals surface area (Å²) in [4.78, 5) is 37.7. The maximum Gasteiger partial charge on any atom is 0.329 e. The Labute approximate surface area is 184 Å². The van der Waals surface area contributed by atoms with Crippen molar-refractivity contribution in [1.29, 1.82) is 0 Å². The number of esters is 1. The molecule has 2 N–H and O–H groups in total. The summed E-state index contributed by atoms with van der Waals surface area (Å²) in [5.74, 6) is -1.39. The highest BCUT2D eigenvalue weighted by Crippen LogP contribution is 2.21. The third kappa shape index (κ3) is 6.21. The van der Waals surface area contributed by atoms with Gasteiger partial charge in [0, 0.05) is 11.1 Å². The Kier molecular flexibility index (Phi) is 8.25. The lowest BCUT2D eigenvalue weighted by molar-refractivity contribution is -0.157. The van der Waals surface area contributed by atoms with Crippen LogP contribution in [0.1, 0.15) is 43.3 Å². The molecule has 2 rings (SSSR count). The zero-order valence-electron chi connectivity index (χ0n) is 17.0. The number of rotatable bonds is 8. The van der Waals surface area contributed by atoms with Crippen molar-refractivity contribution in [2.24, 2.45) is 5.92 Å². The van der Waals surface area contributed by atoms with Crippen LogP contribution < -0.4 is 10.6 Å². The Morgan fingerprint density at radius 2 is 1.90 bits per heavy atom. The van der Waals surface area contributed by atoms with Crippen LogP contribution in [0.5, 0.6) is 0 Å². The van der Waals surface area contributed by atoms with Crippen LogP contribution in [0, 0.1) is 12.8 Å². The van der Waals surface area contributed by atoms with Crippen LogP contribution in [0.3, 0.4) is 0 Å². The number of hydrogen-bond acceptors (Lipinski definition) is 6. The van der Waals surface area contributed by atoms with E-state index in [4.69, 9.17) is 32.5 Å². The lowest BCUT2D eigenvalue weighted by Crippen LogP contribution is -2.47. The SMILES string of the molecule is CCC(OC(=O)C(NC(=O)c1ccc(Cl)cc1Cl)C(C)C)C(=O)Nc1cc(C)on1. The second-order valence-electron chi connectivity index (χ2n) is 6.97. The molecule has 0 fully saturated rings. The van der Waals surface area contributed by atoms with Gasteiger partial charge in [-0.2, -0.15) is 0 Å². The highest BCUT2D eigenvalue weighted by molar-refractivity contribution is 6.36. The van der Waals surface area contributed by atoms with Gasteiger partial charge in [-0.25, -0.2) is 4.79 Å². The molecular formula is C20H23Cl2N3O5. The van der Waals surface area contributed by atoms with Crippen LogP contribution in [0.2, 0.25) is 10.0 Å². The monoisotopic (exact) mass is 455 g/mol. The molecule has 1 heterocycles. The minimum atomic E-state index is -1.06. The molecule has 1 aromatic carbocycles. The molecule has 0 saturated carbocycles. The van der Waals surface area contributed by atoms with E-state index in [1.54, 1.807) is 33.8 Å². The molecule has 30 heavy (non-hydrogen) atoms. The van der Waals surface area contributed by atoms with Crippen molar-refractivity contribution >= 4 is 46.8 Å². The second-order valence-corrected chi connectivity index (χ2v) is 7.81. The second kappa shape index (κ2) is 10.4. The van der Waals surface area contributed by atoms with Crippen molar-refractivity contribution in [3.8, 4) is 0 Å². The molecular weight excluding hydrogens is 433 g/mol. The van der Waals surface area contributed by atoms with Crippen LogP contribution in [0.15, 0.2) is 28.8 Å². The normalized spacial score (nSPS) is 12.9. The number of nitrogens with one attached hydrogen (secondary N) is 2. The molecule has 8 nitrogen and oxygen atoms in total. The van der Waals surface area contributed by atoms with Gasteiger partial charge in [-0.1, -0.05) is 49.1 Å². The average molecular weight is 456 g/mol. The standard InChI is InChI=1S/C20H23Cl2N3O5/c1-5-15(19(27)23-16-8-11(4)30-25-16)29-20(28)17(10(2)3)24-18(26)13-7-6-12(21)9-14(13)22/h6-10,15,17H,5H2,1-4H3,(H,24,26)(H,23,25,27). The molecule has 2 aromatic rings. The van der Waals surface area contributed by atoms with Gasteiger partial charge in [-0.3, -0.25) is 9.59 Å². The van der Waals surface area contributed by atoms with E-state index in [0.717, 1.165) is 0 Å². The lowest BCUT2D eigenvalue weighted by atomic mass is 10.0. The molecule has 0 radical (unpaired) electrons. The summed E-state index contributed by atoms with van der Waals surface area (Å²) in [7, 11) is 0. The van der Waals surface area contributed by atoms with Gasteiger partial charge in [0.25, 0.3) is 11.8 Å². The first-order chi connectivity index (χ1) is 14.1. The Balaban J connectivity index is 2.07. The molecule has 0 aliphatic carbocycles. The number of anilines is 1. The van der Waals surface area contributed by atoms with Gasteiger partial charge in [-0.05, 0) is 37.5 Å². The van der Waals surface area contributed by atoms with E-state index in [1.165, 1.54) is 18.2 Å². The maximum absolute atomic E-state index is 12.7. The molecule has 0 bridgehead atoms. The van der Waals surface area contributed by atoms with Crippen molar-refractivity contribution in [1.82, 2.24) is 10.5 Å². The highest BCUT2D eigenvalue weighted by Gasteiger charge is 2.31. The molecule has 10 heteroatoms. The van der Waals surface area contributed by atoms with Gasteiger partial charge < -0.3 is 19.9 Å². The van der Waals surface area contributed by atoms with E-state index in [2.05, 4.69) is 15.8 Å². The zero-order valence-corrected chi connectivity index (χ0v) is 18.5. The predicted octanol–water partition coefficient (Wildman–Crippen LogP) is 4.00. The van der Waals surface area contributed by atoms with E-state index in [1.807, 2.05) is 0 Å². The molecule has 0 aliphatic heterocycles. The fraction of sp³-hybridized carbons (Fsp3) is 0.400. The van der Waals surface area contributed by atoms with Crippen molar-refractivity contribution in [3.05, 3.63) is 45.6 Å². The molecule has 2 amide bonds. The van der Waals surface area contributed by atoms with Crippen molar-refractivity contribution in [3.63, 3.8) is 0 Å². The summed E-state index contributed by atoms with van der Waals surface area (Å²) in [5.41, 5.74) is 0.172. The summed E-state index contributed by atoms with van der Waals surface area (Å²) in [6.07, 6.45) is -0.831. The van der Waals surface area contributed by atoms with Gasteiger partial charge in [0.15, 0.2) is 11.9 Å². The van der Waals surface area contributed by atoms with Gasteiger partial charge in [-0.15, -0.1) is 0 Å². The van der Waals surface area contributed by atoms with Gasteiger partial charge in [0.05, 0.1) is 10.6 Å². The maximum atomic E-state index is 12.7. The third-order valence-electron chi connectivity index (χ3n) is 4.18. The fourth-order valence-corrected chi connectivity index (χ4v) is 3.05. The summed E-state index contributed by atoms with van der Waals surface area (Å²) < 4.78 is 10.3. The molecule has 0 spiro atoms. The minimum absolute atomic E-state index is 0.157. The summed E-state index contributed by atoms with van der Waals surface area (Å²) in [6, 6.07) is 4.97. The number of hydrogen-bond donors (Lipinski definition) is 2. The Morgan fingerprint density at radius 3 is 2.43 bits per heavy atom. The van der Waals surface area contributed by atoms with Gasteiger partial charge >= 0.3 is 5.97 Å². The van der Waals surface area contributed by atoms with Gasteiger partial charge in [0.2, 0.25) is 0 Å². The first kappa shape index (κ1) is 23.7. The molecule has 0 aliphatic rings. The first-order valence-corrected chi connectivity index (χ1v) is 10.1. The van der Waals surface area contributed by atoms with E-state index in [0.29, 0.717) is 10.8 Å². The first-order valence-electron chi connectivity index (χ1n) is 9.33. The number of nitrogens with zero attached hydrogens (tertiary/aromatic N) is 1. The van der Waals surface area contributed by atoms with Crippen LogP contribution in [-0.4, -0.2) is 35.1 Å². The fourth-order valence-electron chi connectivity index (χ4n) is 2.56. The smallest absolute Gasteiger partial charge is 0.329 e. The third-order valence-corrected chi connectivity index (χ3v) is 4.73. The molecule has 162 valence electrons. The van der Waals surface area contributed by atoms with Crippen LogP contribution in [-0.2, 0) is 14.3 Å².